The van der Waals surface area contributed by atoms with E-state index in [1.165, 1.54) is 5.56 Å². The highest BCUT2D eigenvalue weighted by molar-refractivity contribution is 7.13. The summed E-state index contributed by atoms with van der Waals surface area (Å²) in [5.74, 6) is 0.889. The molecule has 2 N–H and O–H groups in total. The largest absolute Gasteiger partial charge is 0.357 e. The van der Waals surface area contributed by atoms with Gasteiger partial charge in [-0.1, -0.05) is 30.3 Å². The number of aromatic nitrogens is 1. The number of piperidine rings is 1. The molecule has 1 fully saturated rings. The Balaban J connectivity index is 1.53. The number of thiazole rings is 1. The van der Waals surface area contributed by atoms with Crippen LogP contribution in [0.3, 0.4) is 0 Å². The van der Waals surface area contributed by atoms with Gasteiger partial charge in [0.15, 0.2) is 11.1 Å². The number of hydrogen-bond donors (Lipinski definition) is 2. The van der Waals surface area contributed by atoms with Crippen LogP contribution in [-0.2, 0) is 13.1 Å². The summed E-state index contributed by atoms with van der Waals surface area (Å²) in [6, 6.07) is 11.8. The lowest BCUT2D eigenvalue weighted by Gasteiger charge is -2.38. The molecule has 0 spiro atoms. The average molecular weight is 415 g/mol. The van der Waals surface area contributed by atoms with Gasteiger partial charge in [-0.15, -0.1) is 11.3 Å². The summed E-state index contributed by atoms with van der Waals surface area (Å²) in [7, 11) is 4.03. The Morgan fingerprint density at radius 2 is 2.10 bits per heavy atom. The minimum Gasteiger partial charge on any atom is -0.357 e. The van der Waals surface area contributed by atoms with Crippen LogP contribution in [-0.4, -0.2) is 55.1 Å². The molecule has 29 heavy (non-hydrogen) atoms. The first-order valence-electron chi connectivity index (χ1n) is 10.5. The lowest BCUT2D eigenvalue weighted by Crippen LogP contribution is -2.51. The summed E-state index contributed by atoms with van der Waals surface area (Å²) in [6.45, 7) is 8.02. The Bertz CT molecular complexity index is 773. The second kappa shape index (κ2) is 10.6. The van der Waals surface area contributed by atoms with Gasteiger partial charge < -0.3 is 15.5 Å². The number of nitrogens with zero attached hydrogens (tertiary/aromatic N) is 4. The van der Waals surface area contributed by atoms with Gasteiger partial charge in [-0.2, -0.15) is 0 Å². The van der Waals surface area contributed by atoms with Crippen molar-refractivity contribution in [2.75, 3.05) is 32.1 Å². The zero-order valence-corrected chi connectivity index (χ0v) is 18.9. The van der Waals surface area contributed by atoms with E-state index in [0.717, 1.165) is 49.3 Å². The van der Waals surface area contributed by atoms with Crippen molar-refractivity contribution in [2.24, 2.45) is 4.99 Å². The summed E-state index contributed by atoms with van der Waals surface area (Å²) in [5, 5.41) is 10.1. The quantitative estimate of drug-likeness (QED) is 0.538. The molecule has 1 aliphatic heterocycles. The fourth-order valence-electron chi connectivity index (χ4n) is 3.65. The van der Waals surface area contributed by atoms with Gasteiger partial charge in [0, 0.05) is 51.2 Å². The maximum Gasteiger partial charge on any atom is 0.191 e. The van der Waals surface area contributed by atoms with Crippen molar-refractivity contribution in [3.63, 3.8) is 0 Å². The highest BCUT2D eigenvalue weighted by atomic mass is 32.1. The van der Waals surface area contributed by atoms with Gasteiger partial charge in [0.2, 0.25) is 0 Å². The van der Waals surface area contributed by atoms with Crippen LogP contribution in [0.25, 0.3) is 0 Å². The van der Waals surface area contributed by atoms with Crippen LogP contribution < -0.4 is 15.5 Å². The SMILES string of the molecule is CCNC(=NCc1csc(N(C)C)n1)NC1CCN(Cc2ccccc2)C(C)C1. The Kier molecular flexibility index (Phi) is 7.89. The standard InChI is InChI=1S/C22H34N6S/c1-5-23-21(24-14-20-16-29-22(26-20)27(3)4)25-19-11-12-28(17(2)13-19)15-18-9-7-6-8-10-18/h6-10,16-17,19H,5,11-15H2,1-4H3,(H2,23,24,25). The molecule has 0 aliphatic carbocycles. The van der Waals surface area contributed by atoms with Gasteiger partial charge in [0.25, 0.3) is 0 Å². The summed E-state index contributed by atoms with van der Waals surface area (Å²) in [5.41, 5.74) is 2.41. The third kappa shape index (κ3) is 6.44. The monoisotopic (exact) mass is 414 g/mol. The maximum absolute atomic E-state index is 4.77. The molecule has 7 heteroatoms. The van der Waals surface area contributed by atoms with Crippen LogP contribution in [0.2, 0.25) is 0 Å². The molecule has 2 unspecified atom stereocenters. The van der Waals surface area contributed by atoms with Crippen LogP contribution >= 0.6 is 11.3 Å². The smallest absolute Gasteiger partial charge is 0.191 e. The minimum atomic E-state index is 0.447. The van der Waals surface area contributed by atoms with E-state index < -0.39 is 0 Å². The van der Waals surface area contributed by atoms with Crippen LogP contribution in [0.4, 0.5) is 5.13 Å². The zero-order valence-electron chi connectivity index (χ0n) is 18.1. The van der Waals surface area contributed by atoms with Crippen molar-refractivity contribution >= 4 is 22.4 Å². The number of likely N-dealkylation sites (tertiary alicyclic amines) is 1. The molecule has 1 aromatic carbocycles. The molecule has 2 atom stereocenters. The van der Waals surface area contributed by atoms with Crippen molar-refractivity contribution in [2.45, 2.75) is 51.9 Å². The maximum atomic E-state index is 4.77. The summed E-state index contributed by atoms with van der Waals surface area (Å²) < 4.78 is 0. The molecule has 0 amide bonds. The van der Waals surface area contributed by atoms with Crippen molar-refractivity contribution < 1.29 is 0 Å². The van der Waals surface area contributed by atoms with E-state index in [0.29, 0.717) is 18.6 Å². The van der Waals surface area contributed by atoms with E-state index in [2.05, 4.69) is 70.1 Å². The first-order valence-corrected chi connectivity index (χ1v) is 11.4. The normalized spacial score (nSPS) is 20.5. The number of rotatable bonds is 7. The van der Waals surface area contributed by atoms with Gasteiger partial charge in [-0.3, -0.25) is 4.90 Å². The molecule has 2 aromatic rings. The first kappa shape index (κ1) is 21.6. The van der Waals surface area contributed by atoms with E-state index in [4.69, 9.17) is 4.99 Å². The number of anilines is 1. The predicted octanol–water partition coefficient (Wildman–Crippen LogP) is 3.32. The molecule has 0 radical (unpaired) electrons. The molecule has 1 aliphatic rings. The van der Waals surface area contributed by atoms with E-state index in [-0.39, 0.29) is 0 Å². The predicted molar refractivity (Wildman–Crippen MR) is 124 cm³/mol. The van der Waals surface area contributed by atoms with Crippen LogP contribution in [0.15, 0.2) is 40.7 Å². The number of guanidine groups is 1. The van der Waals surface area contributed by atoms with Crippen molar-refractivity contribution in [1.29, 1.82) is 0 Å². The first-order chi connectivity index (χ1) is 14.0. The Morgan fingerprint density at radius 3 is 2.76 bits per heavy atom. The number of hydrogen-bond acceptors (Lipinski definition) is 5. The molecule has 3 rings (SSSR count). The average Bonchev–Trinajstić information content (AvgIpc) is 3.19. The van der Waals surface area contributed by atoms with Crippen LogP contribution in [0.5, 0.6) is 0 Å². The van der Waals surface area contributed by atoms with Gasteiger partial charge in [-0.25, -0.2) is 9.98 Å². The Labute approximate surface area is 179 Å². The van der Waals surface area contributed by atoms with E-state index in [1.54, 1.807) is 11.3 Å². The second-order valence-electron chi connectivity index (χ2n) is 7.88. The van der Waals surface area contributed by atoms with Crippen molar-refractivity contribution in [3.8, 4) is 0 Å². The zero-order chi connectivity index (χ0) is 20.6. The molecular formula is C22H34N6S. The van der Waals surface area contributed by atoms with Crippen LogP contribution in [0, 0.1) is 0 Å². The third-order valence-electron chi connectivity index (χ3n) is 5.25. The number of nitrogens with one attached hydrogen (secondary N) is 2. The fraction of sp³-hybridized carbons (Fsp3) is 0.545. The summed E-state index contributed by atoms with van der Waals surface area (Å²) >= 11 is 1.66. The fourth-order valence-corrected chi connectivity index (χ4v) is 4.40. The van der Waals surface area contributed by atoms with Crippen molar-refractivity contribution in [1.82, 2.24) is 20.5 Å². The van der Waals surface area contributed by atoms with E-state index >= 15 is 0 Å². The summed E-state index contributed by atoms with van der Waals surface area (Å²) in [4.78, 5) is 14.0. The highest BCUT2D eigenvalue weighted by Gasteiger charge is 2.26. The second-order valence-corrected chi connectivity index (χ2v) is 8.72. The Hall–Kier alpha value is -2.12. The Morgan fingerprint density at radius 1 is 1.31 bits per heavy atom. The molecule has 1 aromatic heterocycles. The van der Waals surface area contributed by atoms with Gasteiger partial charge >= 0.3 is 0 Å². The van der Waals surface area contributed by atoms with E-state index in [1.807, 2.05) is 19.0 Å². The molecular weight excluding hydrogens is 380 g/mol. The molecule has 0 saturated carbocycles. The van der Waals surface area contributed by atoms with Crippen molar-refractivity contribution in [3.05, 3.63) is 47.0 Å². The topological polar surface area (TPSA) is 55.8 Å². The molecule has 158 valence electrons. The van der Waals surface area contributed by atoms with Gasteiger partial charge in [0.05, 0.1) is 12.2 Å². The number of benzene rings is 1. The molecule has 6 nitrogen and oxygen atoms in total. The molecule has 1 saturated heterocycles. The van der Waals surface area contributed by atoms with Gasteiger partial charge in [-0.05, 0) is 32.3 Å². The number of aliphatic imine (C=N–C) groups is 1. The van der Waals surface area contributed by atoms with Gasteiger partial charge in [0.1, 0.15) is 0 Å². The summed E-state index contributed by atoms with van der Waals surface area (Å²) in [6.07, 6.45) is 2.25. The molecule has 2 heterocycles. The lowest BCUT2D eigenvalue weighted by atomic mass is 9.97. The lowest BCUT2D eigenvalue weighted by molar-refractivity contribution is 0.134. The highest BCUT2D eigenvalue weighted by Crippen LogP contribution is 2.20. The molecule has 0 bridgehead atoms. The van der Waals surface area contributed by atoms with E-state index in [9.17, 15) is 0 Å². The van der Waals surface area contributed by atoms with Crippen LogP contribution in [0.1, 0.15) is 37.9 Å². The minimum absolute atomic E-state index is 0.447. The third-order valence-corrected chi connectivity index (χ3v) is 6.31.